The van der Waals surface area contributed by atoms with Gasteiger partial charge in [0.2, 0.25) is 0 Å². The quantitative estimate of drug-likeness (QED) is 0.318. The lowest BCUT2D eigenvalue weighted by Gasteiger charge is -2.30. The molecule has 0 atom stereocenters. The minimum atomic E-state index is -5.24. The molecule has 2 heterocycles. The summed E-state index contributed by atoms with van der Waals surface area (Å²) >= 11 is 0. The molecule has 7 nitrogen and oxygen atoms in total. The maximum Gasteiger partial charge on any atom is 0.511 e. The Morgan fingerprint density at radius 3 is 2.32 bits per heavy atom. The highest BCUT2D eigenvalue weighted by Crippen LogP contribution is 2.30. The maximum absolute atomic E-state index is 12.6. The van der Waals surface area contributed by atoms with E-state index in [1.807, 2.05) is 36.0 Å². The number of aromatic nitrogens is 1. The normalized spacial score (nSPS) is 17.2. The molecule has 1 aromatic heterocycles. The number of hydrogen-bond acceptors (Lipinski definition) is 3. The predicted molar refractivity (Wildman–Crippen MR) is 113 cm³/mol. The average Bonchev–Trinajstić information content (AvgIpc) is 3.12. The fourth-order valence-electron chi connectivity index (χ4n) is 2.86. The van der Waals surface area contributed by atoms with E-state index in [0.29, 0.717) is 42.7 Å². The third kappa shape index (κ3) is 7.10. The van der Waals surface area contributed by atoms with Crippen LogP contribution in [0.15, 0.2) is 29.5 Å². The van der Waals surface area contributed by atoms with E-state index in [2.05, 4.69) is 15.6 Å². The van der Waals surface area contributed by atoms with Crippen LogP contribution in [0.4, 0.5) is 13.2 Å². The summed E-state index contributed by atoms with van der Waals surface area (Å²) < 4.78 is 63.2. The molecule has 0 aromatic carbocycles. The second kappa shape index (κ2) is 11.2. The smallest absolute Gasteiger partial charge is 0.357 e. The topological polar surface area (TPSA) is 78.7 Å². The number of hydrogen-bond donors (Lipinski definition) is 2. The predicted octanol–water partition coefficient (Wildman–Crippen LogP) is 2.22. The summed E-state index contributed by atoms with van der Waals surface area (Å²) in [6.45, 7) is 4.30. The Labute approximate surface area is 180 Å². The lowest BCUT2D eigenvalue weighted by molar-refractivity contribution is -0.0496. The van der Waals surface area contributed by atoms with Crippen LogP contribution in [0.2, 0.25) is 0 Å². The van der Waals surface area contributed by atoms with Gasteiger partial charge < -0.3 is 15.2 Å². The Hall–Kier alpha value is -1.02. The van der Waals surface area contributed by atoms with Crippen LogP contribution in [0.25, 0.3) is 0 Å². The van der Waals surface area contributed by atoms with Crippen molar-refractivity contribution in [3.63, 3.8) is 0 Å². The van der Waals surface area contributed by atoms with Crippen molar-refractivity contribution in [2.75, 3.05) is 32.7 Å². The molecule has 1 saturated heterocycles. The average molecular weight is 537 g/mol. The third-order valence-electron chi connectivity index (χ3n) is 4.39. The number of nitrogens with one attached hydrogen (secondary N) is 2. The Balaban J connectivity index is 0.00000392. The van der Waals surface area contributed by atoms with Crippen LogP contribution in [0, 0.1) is 5.92 Å². The first-order chi connectivity index (χ1) is 12.7. The van der Waals surface area contributed by atoms with E-state index in [1.54, 1.807) is 0 Å². The molecule has 0 amide bonds. The molecule has 2 rings (SSSR count). The van der Waals surface area contributed by atoms with Gasteiger partial charge in [-0.15, -0.1) is 24.0 Å². The Morgan fingerprint density at radius 2 is 1.79 bits per heavy atom. The van der Waals surface area contributed by atoms with Crippen molar-refractivity contribution >= 4 is 40.0 Å². The van der Waals surface area contributed by atoms with E-state index in [0.717, 1.165) is 6.54 Å². The van der Waals surface area contributed by atoms with E-state index >= 15 is 0 Å². The number of guanidine groups is 1. The van der Waals surface area contributed by atoms with Crippen molar-refractivity contribution in [1.29, 1.82) is 0 Å². The van der Waals surface area contributed by atoms with Crippen molar-refractivity contribution in [2.45, 2.75) is 31.8 Å². The molecule has 0 bridgehead atoms. The van der Waals surface area contributed by atoms with Crippen LogP contribution in [-0.2, 0) is 16.6 Å². The minimum absolute atomic E-state index is 0. The molecule has 1 aliphatic heterocycles. The number of halogens is 4. The first-order valence-electron chi connectivity index (χ1n) is 8.93. The van der Waals surface area contributed by atoms with Gasteiger partial charge in [0.05, 0.1) is 0 Å². The second-order valence-corrected chi connectivity index (χ2v) is 8.29. The Bertz CT molecular complexity index is 702. The Kier molecular flexibility index (Phi) is 10.0. The van der Waals surface area contributed by atoms with Crippen molar-refractivity contribution in [3.8, 4) is 0 Å². The SMILES string of the molecule is CCNC(=NCC1CCN(S(=O)(=O)C(F)(F)F)CC1)NCCn1cccc1.I. The summed E-state index contributed by atoms with van der Waals surface area (Å²) in [5.74, 6) is 0.708. The first kappa shape index (κ1) is 25.0. The van der Waals surface area contributed by atoms with Gasteiger partial charge in [-0.25, -0.2) is 8.42 Å². The van der Waals surface area contributed by atoms with Crippen LogP contribution in [0.3, 0.4) is 0 Å². The molecular weight excluding hydrogens is 510 g/mol. The fraction of sp³-hybridized carbons (Fsp3) is 0.688. The van der Waals surface area contributed by atoms with Gasteiger partial charge in [0, 0.05) is 51.7 Å². The molecule has 162 valence electrons. The molecule has 1 aliphatic rings. The monoisotopic (exact) mass is 537 g/mol. The van der Waals surface area contributed by atoms with Crippen LogP contribution >= 0.6 is 24.0 Å². The maximum atomic E-state index is 12.6. The Morgan fingerprint density at radius 1 is 1.18 bits per heavy atom. The molecule has 0 radical (unpaired) electrons. The standard InChI is InChI=1S/C16H26F3N5O2S.HI/c1-2-20-15(21-7-12-23-8-3-4-9-23)22-13-14-5-10-24(11-6-14)27(25,26)16(17,18)19;/h3-4,8-9,14H,2,5-7,10-13H2,1H3,(H2,20,21,22);1H. The highest BCUT2D eigenvalue weighted by Gasteiger charge is 2.50. The summed E-state index contributed by atoms with van der Waals surface area (Å²) in [6.07, 6.45) is 4.66. The number of sulfonamides is 1. The molecule has 0 spiro atoms. The zero-order chi connectivity index (χ0) is 19.9. The van der Waals surface area contributed by atoms with Gasteiger partial charge in [-0.1, -0.05) is 0 Å². The van der Waals surface area contributed by atoms with Crippen molar-refractivity contribution in [2.24, 2.45) is 10.9 Å². The lowest BCUT2D eigenvalue weighted by Crippen LogP contribution is -2.45. The molecule has 0 aliphatic carbocycles. The molecular formula is C16H27F3IN5O2S. The van der Waals surface area contributed by atoms with Gasteiger partial charge in [0.15, 0.2) is 5.96 Å². The molecule has 1 fully saturated rings. The summed E-state index contributed by atoms with van der Waals surface area (Å²) in [4.78, 5) is 4.49. The number of aliphatic imine (C=N–C) groups is 1. The zero-order valence-electron chi connectivity index (χ0n) is 15.7. The van der Waals surface area contributed by atoms with Gasteiger partial charge in [0.1, 0.15) is 0 Å². The van der Waals surface area contributed by atoms with E-state index in [4.69, 9.17) is 0 Å². The highest BCUT2D eigenvalue weighted by atomic mass is 127. The fourth-order valence-corrected chi connectivity index (χ4v) is 3.85. The van der Waals surface area contributed by atoms with Gasteiger partial charge in [-0.05, 0) is 37.8 Å². The largest absolute Gasteiger partial charge is 0.511 e. The third-order valence-corrected chi connectivity index (χ3v) is 6.02. The van der Waals surface area contributed by atoms with E-state index in [9.17, 15) is 21.6 Å². The molecule has 0 saturated carbocycles. The summed E-state index contributed by atoms with van der Waals surface area (Å²) in [5.41, 5.74) is -5.24. The molecule has 1 aromatic rings. The minimum Gasteiger partial charge on any atom is -0.357 e. The first-order valence-corrected chi connectivity index (χ1v) is 10.4. The van der Waals surface area contributed by atoms with Crippen LogP contribution in [0.5, 0.6) is 0 Å². The molecule has 12 heteroatoms. The van der Waals surface area contributed by atoms with Crippen molar-refractivity contribution < 1.29 is 21.6 Å². The van der Waals surface area contributed by atoms with Crippen molar-refractivity contribution in [3.05, 3.63) is 24.5 Å². The van der Waals surface area contributed by atoms with Crippen LogP contribution < -0.4 is 10.6 Å². The lowest BCUT2D eigenvalue weighted by atomic mass is 9.98. The number of nitrogens with zero attached hydrogens (tertiary/aromatic N) is 3. The number of alkyl halides is 3. The van der Waals surface area contributed by atoms with Gasteiger partial charge in [-0.2, -0.15) is 17.5 Å². The molecule has 28 heavy (non-hydrogen) atoms. The van der Waals surface area contributed by atoms with Gasteiger partial charge >= 0.3 is 15.5 Å². The summed E-state index contributed by atoms with van der Waals surface area (Å²) in [5, 5.41) is 6.34. The van der Waals surface area contributed by atoms with Crippen molar-refractivity contribution in [1.82, 2.24) is 19.5 Å². The summed E-state index contributed by atoms with van der Waals surface area (Å²) in [7, 11) is -5.23. The zero-order valence-corrected chi connectivity index (χ0v) is 18.8. The van der Waals surface area contributed by atoms with Crippen LogP contribution in [0.1, 0.15) is 19.8 Å². The molecule has 0 unspecified atom stereocenters. The molecule has 2 N–H and O–H groups in total. The van der Waals surface area contributed by atoms with E-state index in [1.165, 1.54) is 0 Å². The highest BCUT2D eigenvalue weighted by molar-refractivity contribution is 14.0. The summed E-state index contributed by atoms with van der Waals surface area (Å²) in [6, 6.07) is 3.90. The number of rotatable bonds is 7. The second-order valence-electron chi connectivity index (χ2n) is 6.36. The van der Waals surface area contributed by atoms with Crippen LogP contribution in [-0.4, -0.2) is 61.5 Å². The van der Waals surface area contributed by atoms with Gasteiger partial charge in [0.25, 0.3) is 0 Å². The van der Waals surface area contributed by atoms with Gasteiger partial charge in [-0.3, -0.25) is 4.99 Å². The van der Waals surface area contributed by atoms with E-state index < -0.39 is 15.5 Å². The van der Waals surface area contributed by atoms with E-state index in [-0.39, 0.29) is 43.0 Å². The number of piperidine rings is 1.